The molecule has 0 amide bonds. The molecule has 6 heteroatoms. The lowest BCUT2D eigenvalue weighted by Gasteiger charge is -2.11. The first-order valence-electron chi connectivity index (χ1n) is 7.01. The summed E-state index contributed by atoms with van der Waals surface area (Å²) in [6, 6.07) is 8.87. The van der Waals surface area contributed by atoms with Crippen LogP contribution in [0.15, 0.2) is 35.3 Å². The fourth-order valence-corrected chi connectivity index (χ4v) is 1.82. The minimum absolute atomic E-state index is 0.0614. The average Bonchev–Trinajstić information content (AvgIpc) is 2.58. The molecule has 0 saturated heterocycles. The van der Waals surface area contributed by atoms with Crippen LogP contribution < -0.4 is 0 Å². The van der Waals surface area contributed by atoms with Crippen LogP contribution in [0.1, 0.15) is 30.5 Å². The Hall–Kier alpha value is -3.15. The topological polar surface area (TPSA) is 121 Å². The van der Waals surface area contributed by atoms with Crippen molar-refractivity contribution in [2.75, 3.05) is 0 Å². The van der Waals surface area contributed by atoms with E-state index in [-0.39, 0.29) is 16.7 Å². The van der Waals surface area contributed by atoms with E-state index < -0.39 is 17.2 Å². The summed E-state index contributed by atoms with van der Waals surface area (Å²) in [6.45, 7) is 4.00. The van der Waals surface area contributed by atoms with Crippen LogP contribution in [-0.4, -0.2) is 34.0 Å². The first-order chi connectivity index (χ1) is 11.1. The van der Waals surface area contributed by atoms with Crippen LogP contribution in [0.4, 0.5) is 5.69 Å². The van der Waals surface area contributed by atoms with E-state index in [9.17, 15) is 15.3 Å². The molecule has 5 N–H and O–H groups in total. The van der Waals surface area contributed by atoms with Crippen molar-refractivity contribution >= 4 is 24.3 Å². The molecule has 0 radical (unpaired) electrons. The van der Waals surface area contributed by atoms with Gasteiger partial charge in [0.15, 0.2) is 0 Å². The second-order valence-electron chi connectivity index (χ2n) is 4.17. The molecule has 0 spiro atoms. The molecule has 120 valence electrons. The van der Waals surface area contributed by atoms with E-state index >= 15 is 0 Å². The Kier molecular flexibility index (Phi) is 6.48. The molecule has 0 fully saturated rings. The van der Waals surface area contributed by atoms with Crippen molar-refractivity contribution in [1.29, 1.82) is 10.8 Å². The molecular weight excluding hydrogens is 294 g/mol. The number of phenols is 3. The molecule has 23 heavy (non-hydrogen) atoms. The second kappa shape index (κ2) is 8.33. The normalized spacial score (nSPS) is 10.0. The number of aromatic hydroxyl groups is 3. The molecule has 0 atom stereocenters. The molecule has 0 saturated carbocycles. The highest BCUT2D eigenvalue weighted by Crippen LogP contribution is 2.39. The fraction of sp³-hybridized carbons (Fsp3) is 0.118. The SMILES string of the molecule is CC.N=Cc1c(O)c(C=N)c(O)c(C=Nc2ccccc2)c1O. The largest absolute Gasteiger partial charge is 0.506 e. The number of para-hydroxylation sites is 1. The Labute approximate surface area is 134 Å². The third-order valence-electron chi connectivity index (χ3n) is 2.92. The number of phenolic OH excluding ortho intramolecular Hbond substituents is 3. The summed E-state index contributed by atoms with van der Waals surface area (Å²) in [5.74, 6) is -1.46. The van der Waals surface area contributed by atoms with E-state index in [1.54, 1.807) is 24.3 Å². The smallest absolute Gasteiger partial charge is 0.140 e. The van der Waals surface area contributed by atoms with E-state index in [0.717, 1.165) is 12.4 Å². The van der Waals surface area contributed by atoms with Gasteiger partial charge >= 0.3 is 0 Å². The van der Waals surface area contributed by atoms with Crippen LogP contribution in [0.3, 0.4) is 0 Å². The Balaban J connectivity index is 0.00000127. The molecule has 2 aromatic carbocycles. The standard InChI is InChI=1S/C15H13N3O3.C2H6/c16-6-10-13(19)11(7-17)15(21)12(14(10)20)8-18-9-4-2-1-3-5-9;1-2/h1-8,16-17,19-21H;1-2H3. The van der Waals surface area contributed by atoms with Gasteiger partial charge in [-0.1, -0.05) is 32.0 Å². The summed E-state index contributed by atoms with van der Waals surface area (Å²) >= 11 is 0. The molecule has 2 aromatic rings. The van der Waals surface area contributed by atoms with Gasteiger partial charge in [-0.3, -0.25) is 4.99 Å². The summed E-state index contributed by atoms with van der Waals surface area (Å²) < 4.78 is 0. The van der Waals surface area contributed by atoms with Gasteiger partial charge in [-0.15, -0.1) is 0 Å². The minimum atomic E-state index is -0.521. The van der Waals surface area contributed by atoms with Crippen LogP contribution in [0.25, 0.3) is 0 Å². The van der Waals surface area contributed by atoms with Crippen LogP contribution in [-0.2, 0) is 0 Å². The average molecular weight is 313 g/mol. The Morgan fingerprint density at radius 2 is 1.22 bits per heavy atom. The zero-order valence-electron chi connectivity index (χ0n) is 12.9. The van der Waals surface area contributed by atoms with Crippen molar-refractivity contribution in [3.63, 3.8) is 0 Å². The van der Waals surface area contributed by atoms with Gasteiger partial charge in [-0.2, -0.15) is 0 Å². The maximum absolute atomic E-state index is 10.0. The van der Waals surface area contributed by atoms with Gasteiger partial charge in [0.1, 0.15) is 17.2 Å². The highest BCUT2D eigenvalue weighted by atomic mass is 16.3. The van der Waals surface area contributed by atoms with Crippen molar-refractivity contribution in [2.24, 2.45) is 4.99 Å². The Morgan fingerprint density at radius 1 is 0.783 bits per heavy atom. The second-order valence-corrected chi connectivity index (χ2v) is 4.17. The predicted octanol–water partition coefficient (Wildman–Crippen LogP) is 3.58. The third kappa shape index (κ3) is 3.74. The zero-order chi connectivity index (χ0) is 17.4. The molecule has 0 aromatic heterocycles. The number of nitrogens with one attached hydrogen (secondary N) is 2. The molecule has 2 rings (SSSR count). The maximum atomic E-state index is 10.0. The van der Waals surface area contributed by atoms with Gasteiger partial charge in [-0.25, -0.2) is 0 Å². The highest BCUT2D eigenvalue weighted by Gasteiger charge is 2.20. The lowest BCUT2D eigenvalue weighted by Crippen LogP contribution is -1.96. The summed E-state index contributed by atoms with van der Waals surface area (Å²) in [5, 5.41) is 44.2. The first-order valence-corrected chi connectivity index (χ1v) is 7.01. The molecule has 0 aliphatic carbocycles. The lowest BCUT2D eigenvalue weighted by atomic mass is 10.0. The van der Waals surface area contributed by atoms with Crippen molar-refractivity contribution in [3.05, 3.63) is 47.0 Å². The van der Waals surface area contributed by atoms with Crippen molar-refractivity contribution in [3.8, 4) is 17.2 Å². The molecule has 0 aliphatic rings. The van der Waals surface area contributed by atoms with Gasteiger partial charge in [0.05, 0.1) is 22.4 Å². The summed E-state index contributed by atoms with van der Waals surface area (Å²) in [7, 11) is 0. The van der Waals surface area contributed by atoms with Crippen LogP contribution in [0.5, 0.6) is 17.2 Å². The molecular formula is C17H19N3O3. The quantitative estimate of drug-likeness (QED) is 0.555. The van der Waals surface area contributed by atoms with E-state index in [2.05, 4.69) is 4.99 Å². The van der Waals surface area contributed by atoms with Crippen molar-refractivity contribution in [1.82, 2.24) is 0 Å². The van der Waals surface area contributed by atoms with E-state index in [4.69, 9.17) is 10.8 Å². The van der Waals surface area contributed by atoms with E-state index in [1.165, 1.54) is 6.21 Å². The fourth-order valence-electron chi connectivity index (χ4n) is 1.82. The Bertz CT molecular complexity index is 691. The molecule has 0 unspecified atom stereocenters. The number of rotatable bonds is 4. The van der Waals surface area contributed by atoms with E-state index in [1.807, 2.05) is 19.9 Å². The summed E-state index contributed by atoms with van der Waals surface area (Å²) in [4.78, 5) is 4.10. The van der Waals surface area contributed by atoms with Gasteiger partial charge in [-0.05, 0) is 12.1 Å². The van der Waals surface area contributed by atoms with Gasteiger partial charge in [0.2, 0.25) is 0 Å². The zero-order valence-corrected chi connectivity index (χ0v) is 12.9. The minimum Gasteiger partial charge on any atom is -0.506 e. The number of hydrogen-bond donors (Lipinski definition) is 5. The van der Waals surface area contributed by atoms with Crippen LogP contribution in [0, 0.1) is 10.8 Å². The number of nitrogens with zero attached hydrogens (tertiary/aromatic N) is 1. The number of aliphatic imine (C=N–C) groups is 1. The summed E-state index contributed by atoms with van der Waals surface area (Å²) in [6.07, 6.45) is 2.72. The van der Waals surface area contributed by atoms with Gasteiger partial charge in [0, 0.05) is 18.6 Å². The monoisotopic (exact) mass is 313 g/mol. The molecule has 0 heterocycles. The maximum Gasteiger partial charge on any atom is 0.140 e. The van der Waals surface area contributed by atoms with Crippen molar-refractivity contribution < 1.29 is 15.3 Å². The third-order valence-corrected chi connectivity index (χ3v) is 2.92. The predicted molar refractivity (Wildman–Crippen MR) is 92.3 cm³/mol. The highest BCUT2D eigenvalue weighted by molar-refractivity contribution is 6.02. The first kappa shape index (κ1) is 17.9. The Morgan fingerprint density at radius 3 is 1.65 bits per heavy atom. The number of hydrogen-bond acceptors (Lipinski definition) is 6. The van der Waals surface area contributed by atoms with Crippen LogP contribution >= 0.6 is 0 Å². The van der Waals surface area contributed by atoms with E-state index in [0.29, 0.717) is 5.69 Å². The summed E-state index contributed by atoms with van der Waals surface area (Å²) in [5.41, 5.74) is 0.187. The molecule has 6 nitrogen and oxygen atoms in total. The van der Waals surface area contributed by atoms with Gasteiger partial charge < -0.3 is 26.1 Å². The lowest BCUT2D eigenvalue weighted by molar-refractivity contribution is 0.424. The van der Waals surface area contributed by atoms with Crippen LogP contribution in [0.2, 0.25) is 0 Å². The molecule has 0 bridgehead atoms. The number of benzene rings is 2. The molecule has 0 aliphatic heterocycles. The van der Waals surface area contributed by atoms with Crippen molar-refractivity contribution in [2.45, 2.75) is 13.8 Å². The van der Waals surface area contributed by atoms with Gasteiger partial charge in [0.25, 0.3) is 0 Å².